The van der Waals surface area contributed by atoms with E-state index in [0.717, 1.165) is 42.8 Å². The van der Waals surface area contributed by atoms with Gasteiger partial charge in [0, 0.05) is 5.41 Å². The minimum atomic E-state index is -0.0607. The summed E-state index contributed by atoms with van der Waals surface area (Å²) in [6.45, 7) is 0.473. The van der Waals surface area contributed by atoms with Crippen molar-refractivity contribution >= 4 is 5.91 Å². The zero-order valence-corrected chi connectivity index (χ0v) is 11.1. The van der Waals surface area contributed by atoms with Gasteiger partial charge in [-0.3, -0.25) is 9.89 Å². The largest absolute Gasteiger partial charge is 0.348 e. The van der Waals surface area contributed by atoms with E-state index in [1.807, 2.05) is 0 Å². The molecule has 0 spiro atoms. The molecule has 5 heteroatoms. The summed E-state index contributed by atoms with van der Waals surface area (Å²) in [7, 11) is 0. The molecular formula is C14H20N4O. The molecule has 0 saturated heterocycles. The number of H-pyrrole nitrogens is 1. The van der Waals surface area contributed by atoms with Crippen LogP contribution in [-0.4, -0.2) is 21.1 Å². The summed E-state index contributed by atoms with van der Waals surface area (Å²) in [5, 5.41) is 9.66. The van der Waals surface area contributed by atoms with Gasteiger partial charge in [-0.1, -0.05) is 0 Å². The fourth-order valence-electron chi connectivity index (χ4n) is 5.06. The lowest BCUT2D eigenvalue weighted by molar-refractivity contribution is -0.146. The molecule has 1 amide bonds. The Kier molecular flexibility index (Phi) is 2.44. The molecule has 19 heavy (non-hydrogen) atoms. The van der Waals surface area contributed by atoms with Crippen molar-refractivity contribution in [2.24, 2.45) is 23.2 Å². The van der Waals surface area contributed by atoms with Gasteiger partial charge in [0.05, 0.1) is 6.54 Å². The molecule has 4 fully saturated rings. The molecule has 1 aromatic rings. The molecule has 4 aliphatic rings. The number of rotatable bonds is 3. The molecule has 4 bridgehead atoms. The number of aromatic nitrogens is 3. The van der Waals surface area contributed by atoms with Crippen molar-refractivity contribution < 1.29 is 4.79 Å². The van der Waals surface area contributed by atoms with Gasteiger partial charge in [-0.15, -0.1) is 0 Å². The second-order valence-electron chi connectivity index (χ2n) is 6.81. The SMILES string of the molecule is O=C(NCc1ncn[nH]1)C12CC3CC(CC(C3)C1)C2. The smallest absolute Gasteiger partial charge is 0.226 e. The summed E-state index contributed by atoms with van der Waals surface area (Å²) in [6.07, 6.45) is 8.92. The minimum absolute atomic E-state index is 0.0607. The Labute approximate surface area is 112 Å². The zero-order valence-electron chi connectivity index (χ0n) is 11.1. The maximum absolute atomic E-state index is 12.6. The first-order valence-corrected chi connectivity index (χ1v) is 7.36. The number of carbonyl (C=O) groups excluding carboxylic acids is 1. The molecular weight excluding hydrogens is 240 g/mol. The van der Waals surface area contributed by atoms with E-state index in [2.05, 4.69) is 20.5 Å². The third kappa shape index (κ3) is 1.86. The van der Waals surface area contributed by atoms with E-state index in [1.165, 1.54) is 25.6 Å². The van der Waals surface area contributed by atoms with Gasteiger partial charge in [0.2, 0.25) is 5.91 Å². The van der Waals surface area contributed by atoms with Crippen molar-refractivity contribution in [1.82, 2.24) is 20.5 Å². The van der Waals surface area contributed by atoms with Crippen LogP contribution >= 0.6 is 0 Å². The van der Waals surface area contributed by atoms with Crippen molar-refractivity contribution in [3.05, 3.63) is 12.2 Å². The fraction of sp³-hybridized carbons (Fsp3) is 0.786. The molecule has 4 aliphatic carbocycles. The summed E-state index contributed by atoms with van der Waals surface area (Å²) >= 11 is 0. The van der Waals surface area contributed by atoms with Gasteiger partial charge in [-0.05, 0) is 56.3 Å². The number of aromatic amines is 1. The molecule has 102 valence electrons. The van der Waals surface area contributed by atoms with Crippen LogP contribution in [0.25, 0.3) is 0 Å². The number of hydrogen-bond acceptors (Lipinski definition) is 3. The molecule has 0 atom stereocenters. The maximum Gasteiger partial charge on any atom is 0.226 e. The van der Waals surface area contributed by atoms with Crippen LogP contribution < -0.4 is 5.32 Å². The molecule has 1 heterocycles. The first-order valence-electron chi connectivity index (χ1n) is 7.36. The Morgan fingerprint density at radius 1 is 1.26 bits per heavy atom. The predicted octanol–water partition coefficient (Wildman–Crippen LogP) is 1.64. The fourth-order valence-corrected chi connectivity index (χ4v) is 5.06. The normalized spacial score (nSPS) is 39.5. The molecule has 2 N–H and O–H groups in total. The number of amides is 1. The average Bonchev–Trinajstić information content (AvgIpc) is 2.87. The van der Waals surface area contributed by atoms with E-state index in [-0.39, 0.29) is 11.3 Å². The van der Waals surface area contributed by atoms with Crippen molar-refractivity contribution in [1.29, 1.82) is 0 Å². The first kappa shape index (κ1) is 11.4. The molecule has 0 aliphatic heterocycles. The van der Waals surface area contributed by atoms with Crippen LogP contribution in [0.5, 0.6) is 0 Å². The predicted molar refractivity (Wildman–Crippen MR) is 68.8 cm³/mol. The van der Waals surface area contributed by atoms with Gasteiger partial charge in [-0.25, -0.2) is 4.98 Å². The van der Waals surface area contributed by atoms with Crippen LogP contribution in [0.2, 0.25) is 0 Å². The Bertz CT molecular complexity index is 446. The lowest BCUT2D eigenvalue weighted by Crippen LogP contribution is -2.53. The Balaban J connectivity index is 1.47. The van der Waals surface area contributed by atoms with Crippen molar-refractivity contribution in [3.8, 4) is 0 Å². The Morgan fingerprint density at radius 2 is 1.89 bits per heavy atom. The van der Waals surface area contributed by atoms with Gasteiger partial charge in [0.1, 0.15) is 12.2 Å². The van der Waals surface area contributed by atoms with Crippen LogP contribution in [-0.2, 0) is 11.3 Å². The summed E-state index contributed by atoms with van der Waals surface area (Å²) in [4.78, 5) is 16.7. The van der Waals surface area contributed by atoms with Crippen LogP contribution in [0.1, 0.15) is 44.3 Å². The Hall–Kier alpha value is -1.39. The highest BCUT2D eigenvalue weighted by Crippen LogP contribution is 2.60. The third-order valence-corrected chi connectivity index (χ3v) is 5.40. The zero-order chi connectivity index (χ0) is 12.9. The highest BCUT2D eigenvalue weighted by atomic mass is 16.2. The van der Waals surface area contributed by atoms with Gasteiger partial charge in [-0.2, -0.15) is 5.10 Å². The number of nitrogens with zero attached hydrogens (tertiary/aromatic N) is 2. The molecule has 0 radical (unpaired) electrons. The molecule has 4 saturated carbocycles. The molecule has 0 aromatic carbocycles. The molecule has 5 nitrogen and oxygen atoms in total. The monoisotopic (exact) mass is 260 g/mol. The summed E-state index contributed by atoms with van der Waals surface area (Å²) in [6, 6.07) is 0. The van der Waals surface area contributed by atoms with Crippen LogP contribution in [0, 0.1) is 23.2 Å². The summed E-state index contributed by atoms with van der Waals surface area (Å²) < 4.78 is 0. The maximum atomic E-state index is 12.6. The highest BCUT2D eigenvalue weighted by Gasteiger charge is 2.54. The van der Waals surface area contributed by atoms with Gasteiger partial charge in [0.25, 0.3) is 0 Å². The van der Waals surface area contributed by atoms with Gasteiger partial charge < -0.3 is 5.32 Å². The van der Waals surface area contributed by atoms with E-state index in [0.29, 0.717) is 6.54 Å². The standard InChI is InChI=1S/C14H20N4O/c19-13(15-7-12-16-8-17-18-12)14-4-9-1-10(5-14)3-11(2-9)6-14/h8-11H,1-7H2,(H,15,19)(H,16,17,18). The second kappa shape index (κ2) is 4.05. The van der Waals surface area contributed by atoms with E-state index >= 15 is 0 Å². The van der Waals surface area contributed by atoms with Gasteiger partial charge >= 0.3 is 0 Å². The number of hydrogen-bond donors (Lipinski definition) is 2. The van der Waals surface area contributed by atoms with Crippen LogP contribution in [0.4, 0.5) is 0 Å². The molecule has 5 rings (SSSR count). The van der Waals surface area contributed by atoms with Gasteiger partial charge in [0.15, 0.2) is 0 Å². The minimum Gasteiger partial charge on any atom is -0.348 e. The van der Waals surface area contributed by atoms with E-state index < -0.39 is 0 Å². The number of carbonyl (C=O) groups is 1. The van der Waals surface area contributed by atoms with E-state index in [4.69, 9.17) is 0 Å². The van der Waals surface area contributed by atoms with Crippen molar-refractivity contribution in [2.45, 2.75) is 45.1 Å². The second-order valence-corrected chi connectivity index (χ2v) is 6.81. The van der Waals surface area contributed by atoms with Crippen LogP contribution in [0.15, 0.2) is 6.33 Å². The average molecular weight is 260 g/mol. The lowest BCUT2D eigenvalue weighted by atomic mass is 9.49. The van der Waals surface area contributed by atoms with E-state index in [9.17, 15) is 4.79 Å². The summed E-state index contributed by atoms with van der Waals surface area (Å²) in [5.41, 5.74) is -0.0607. The van der Waals surface area contributed by atoms with Crippen molar-refractivity contribution in [2.75, 3.05) is 0 Å². The highest BCUT2D eigenvalue weighted by molar-refractivity contribution is 5.83. The van der Waals surface area contributed by atoms with E-state index in [1.54, 1.807) is 0 Å². The summed E-state index contributed by atoms with van der Waals surface area (Å²) in [5.74, 6) is 3.41. The first-order chi connectivity index (χ1) is 9.23. The number of nitrogens with one attached hydrogen (secondary N) is 2. The molecule has 1 aromatic heterocycles. The van der Waals surface area contributed by atoms with Crippen LogP contribution in [0.3, 0.4) is 0 Å². The lowest BCUT2D eigenvalue weighted by Gasteiger charge is -2.55. The Morgan fingerprint density at radius 3 is 2.42 bits per heavy atom. The molecule has 0 unspecified atom stereocenters. The van der Waals surface area contributed by atoms with Crippen molar-refractivity contribution in [3.63, 3.8) is 0 Å². The quantitative estimate of drug-likeness (QED) is 0.868. The third-order valence-electron chi connectivity index (χ3n) is 5.40. The topological polar surface area (TPSA) is 70.7 Å².